The van der Waals surface area contributed by atoms with Crippen LogP contribution in [0.2, 0.25) is 0 Å². The number of methoxy groups -OCH3 is 1. The molecular weight excluding hydrogens is 232 g/mol. The molecule has 0 saturated carbocycles. The molecule has 0 aliphatic heterocycles. The summed E-state index contributed by atoms with van der Waals surface area (Å²) < 4.78 is 5.02. The summed E-state index contributed by atoms with van der Waals surface area (Å²) in [5.74, 6) is 0.569. The van der Waals surface area contributed by atoms with Crippen LogP contribution in [0.4, 0.5) is 5.82 Å². The lowest BCUT2D eigenvalue weighted by molar-refractivity contribution is 0.407. The fourth-order valence-electron chi connectivity index (χ4n) is 1.59. The predicted octanol–water partition coefficient (Wildman–Crippen LogP) is 1.35. The van der Waals surface area contributed by atoms with E-state index < -0.39 is 0 Å². The Morgan fingerprint density at radius 3 is 2.89 bits per heavy atom. The number of nitrogens with one attached hydrogen (secondary N) is 2. The van der Waals surface area contributed by atoms with Gasteiger partial charge in [-0.15, -0.1) is 0 Å². The van der Waals surface area contributed by atoms with E-state index in [1.807, 2.05) is 25.1 Å². The number of anilines is 1. The van der Waals surface area contributed by atoms with Crippen LogP contribution in [0.5, 0.6) is 5.75 Å². The monoisotopic (exact) mass is 246 g/mol. The van der Waals surface area contributed by atoms with E-state index in [0.29, 0.717) is 5.82 Å². The van der Waals surface area contributed by atoms with Gasteiger partial charge in [-0.2, -0.15) is 0 Å². The minimum atomic E-state index is -0.316. The highest BCUT2D eigenvalue weighted by Crippen LogP contribution is 2.20. The number of ether oxygens (including phenoxy) is 1. The van der Waals surface area contributed by atoms with Gasteiger partial charge in [0.05, 0.1) is 25.2 Å². The van der Waals surface area contributed by atoms with E-state index in [1.54, 1.807) is 6.20 Å². The van der Waals surface area contributed by atoms with Crippen molar-refractivity contribution >= 4 is 5.82 Å². The number of hydrogen-bond acceptors (Lipinski definition) is 5. The summed E-state index contributed by atoms with van der Waals surface area (Å²) in [6, 6.07) is 5.58. The molecule has 2 aromatic rings. The van der Waals surface area contributed by atoms with Crippen molar-refractivity contribution in [3.63, 3.8) is 0 Å². The molecule has 6 nitrogen and oxygen atoms in total. The molecule has 0 fully saturated rings. The van der Waals surface area contributed by atoms with Gasteiger partial charge in [0.2, 0.25) is 5.75 Å². The third-order valence-electron chi connectivity index (χ3n) is 2.50. The Morgan fingerprint density at radius 1 is 1.39 bits per heavy atom. The van der Waals surface area contributed by atoms with Crippen LogP contribution in [0.15, 0.2) is 35.5 Å². The van der Waals surface area contributed by atoms with Crippen molar-refractivity contribution < 1.29 is 4.74 Å². The third kappa shape index (κ3) is 2.48. The maximum Gasteiger partial charge on any atom is 0.295 e. The first-order valence-electron chi connectivity index (χ1n) is 5.51. The Kier molecular flexibility index (Phi) is 3.57. The third-order valence-corrected chi connectivity index (χ3v) is 2.50. The lowest BCUT2D eigenvalue weighted by Crippen LogP contribution is -2.16. The maximum absolute atomic E-state index is 11.5. The number of H-pyrrole nitrogens is 1. The van der Waals surface area contributed by atoms with E-state index in [9.17, 15) is 4.79 Å². The normalized spacial score (nSPS) is 11.9. The molecule has 6 heteroatoms. The minimum absolute atomic E-state index is 0.0746. The number of rotatable bonds is 4. The van der Waals surface area contributed by atoms with Gasteiger partial charge in [-0.05, 0) is 19.1 Å². The van der Waals surface area contributed by atoms with Gasteiger partial charge in [-0.1, -0.05) is 6.07 Å². The van der Waals surface area contributed by atoms with Gasteiger partial charge in [0.1, 0.15) is 0 Å². The molecule has 0 aliphatic carbocycles. The molecule has 0 aliphatic rings. The quantitative estimate of drug-likeness (QED) is 0.851. The second-order valence-corrected chi connectivity index (χ2v) is 3.73. The number of aromatic amines is 1. The van der Waals surface area contributed by atoms with Gasteiger partial charge in [0.25, 0.3) is 5.56 Å². The van der Waals surface area contributed by atoms with Gasteiger partial charge in [-0.25, -0.2) is 4.98 Å². The average molecular weight is 246 g/mol. The molecule has 1 atom stereocenters. The first kappa shape index (κ1) is 12.1. The molecule has 2 aromatic heterocycles. The maximum atomic E-state index is 11.5. The molecule has 1 unspecified atom stereocenters. The van der Waals surface area contributed by atoms with Crippen molar-refractivity contribution in [3.8, 4) is 5.75 Å². The second kappa shape index (κ2) is 5.31. The van der Waals surface area contributed by atoms with Crippen LogP contribution in [0.1, 0.15) is 18.7 Å². The highest BCUT2D eigenvalue weighted by Gasteiger charge is 2.13. The summed E-state index contributed by atoms with van der Waals surface area (Å²) in [7, 11) is 1.43. The zero-order chi connectivity index (χ0) is 13.0. The standard InChI is InChI=1S/C12H14N4O2/c1-8(9-5-3-4-6-13-9)16-11-10(18-2)12(17)15-7-14-11/h3-8H,1-2H3,(H2,14,15,16,17). The van der Waals surface area contributed by atoms with Gasteiger partial charge in [-0.3, -0.25) is 9.78 Å². The van der Waals surface area contributed by atoms with Crippen molar-refractivity contribution in [1.82, 2.24) is 15.0 Å². The summed E-state index contributed by atoms with van der Waals surface area (Å²) in [6.07, 6.45) is 3.05. The average Bonchev–Trinajstić information content (AvgIpc) is 2.40. The number of pyridine rings is 1. The van der Waals surface area contributed by atoms with E-state index in [-0.39, 0.29) is 17.4 Å². The molecule has 2 heterocycles. The minimum Gasteiger partial charge on any atom is -0.489 e. The topological polar surface area (TPSA) is 79.9 Å². The number of hydrogen-bond donors (Lipinski definition) is 2. The van der Waals surface area contributed by atoms with E-state index in [0.717, 1.165) is 5.69 Å². The summed E-state index contributed by atoms with van der Waals surface area (Å²) in [6.45, 7) is 1.94. The van der Waals surface area contributed by atoms with Gasteiger partial charge >= 0.3 is 0 Å². The SMILES string of the molecule is COc1c(NC(C)c2ccccn2)nc[nH]c1=O. The van der Waals surface area contributed by atoms with Crippen LogP contribution in [0.25, 0.3) is 0 Å². The van der Waals surface area contributed by atoms with Crippen LogP contribution in [-0.4, -0.2) is 22.1 Å². The van der Waals surface area contributed by atoms with Crippen LogP contribution < -0.4 is 15.6 Å². The molecule has 0 bridgehead atoms. The molecular formula is C12H14N4O2. The highest BCUT2D eigenvalue weighted by molar-refractivity contribution is 5.49. The summed E-state index contributed by atoms with van der Waals surface area (Å²) in [5, 5.41) is 3.10. The van der Waals surface area contributed by atoms with Crippen molar-refractivity contribution in [3.05, 3.63) is 46.8 Å². The van der Waals surface area contributed by atoms with Crippen LogP contribution in [-0.2, 0) is 0 Å². The summed E-state index contributed by atoms with van der Waals surface area (Å²) in [5.41, 5.74) is 0.546. The van der Waals surface area contributed by atoms with Gasteiger partial charge in [0.15, 0.2) is 5.82 Å². The summed E-state index contributed by atoms with van der Waals surface area (Å²) in [4.78, 5) is 22.3. The molecule has 0 amide bonds. The van der Waals surface area contributed by atoms with E-state index in [4.69, 9.17) is 4.74 Å². The number of nitrogens with zero attached hydrogens (tertiary/aromatic N) is 2. The van der Waals surface area contributed by atoms with Crippen LogP contribution in [0.3, 0.4) is 0 Å². The Labute approximate surface area is 104 Å². The molecule has 0 saturated heterocycles. The molecule has 2 rings (SSSR count). The Hall–Kier alpha value is -2.37. The molecule has 2 N–H and O–H groups in total. The fraction of sp³-hybridized carbons (Fsp3) is 0.250. The predicted molar refractivity (Wildman–Crippen MR) is 67.7 cm³/mol. The van der Waals surface area contributed by atoms with E-state index >= 15 is 0 Å². The second-order valence-electron chi connectivity index (χ2n) is 3.73. The zero-order valence-electron chi connectivity index (χ0n) is 10.2. The van der Waals surface area contributed by atoms with Crippen molar-refractivity contribution in [2.24, 2.45) is 0 Å². The lowest BCUT2D eigenvalue weighted by Gasteiger charge is -2.15. The van der Waals surface area contributed by atoms with Gasteiger partial charge in [0, 0.05) is 6.20 Å². The Balaban J connectivity index is 2.25. The molecule has 94 valence electrons. The van der Waals surface area contributed by atoms with Crippen LogP contribution in [0, 0.1) is 0 Å². The van der Waals surface area contributed by atoms with Crippen LogP contribution >= 0.6 is 0 Å². The zero-order valence-corrected chi connectivity index (χ0v) is 10.2. The van der Waals surface area contributed by atoms with E-state index in [1.165, 1.54) is 13.4 Å². The highest BCUT2D eigenvalue weighted by atomic mass is 16.5. The lowest BCUT2D eigenvalue weighted by atomic mass is 10.2. The smallest absolute Gasteiger partial charge is 0.295 e. The van der Waals surface area contributed by atoms with E-state index in [2.05, 4.69) is 20.3 Å². The summed E-state index contributed by atoms with van der Waals surface area (Å²) >= 11 is 0. The van der Waals surface area contributed by atoms with Crippen molar-refractivity contribution in [2.75, 3.05) is 12.4 Å². The molecule has 0 radical (unpaired) electrons. The molecule has 18 heavy (non-hydrogen) atoms. The first-order chi connectivity index (χ1) is 8.72. The molecule has 0 aromatic carbocycles. The first-order valence-corrected chi connectivity index (χ1v) is 5.51. The van der Waals surface area contributed by atoms with Crippen molar-refractivity contribution in [2.45, 2.75) is 13.0 Å². The Morgan fingerprint density at radius 2 is 2.22 bits per heavy atom. The molecule has 0 spiro atoms. The largest absolute Gasteiger partial charge is 0.489 e. The van der Waals surface area contributed by atoms with Gasteiger partial charge < -0.3 is 15.0 Å². The Bertz CT molecular complexity index is 568. The van der Waals surface area contributed by atoms with Crippen molar-refractivity contribution in [1.29, 1.82) is 0 Å². The fourth-order valence-corrected chi connectivity index (χ4v) is 1.59. The number of aromatic nitrogens is 3.